The number of rotatable bonds is 1. The van der Waals surface area contributed by atoms with E-state index in [-0.39, 0.29) is 0 Å². The molecule has 0 N–H and O–H groups in total. The molecule has 1 fully saturated rings. The van der Waals surface area contributed by atoms with Gasteiger partial charge in [0.05, 0.1) is 0 Å². The fourth-order valence-corrected chi connectivity index (χ4v) is 1.25. The van der Waals surface area contributed by atoms with Crippen molar-refractivity contribution in [1.82, 2.24) is 5.01 Å². The Labute approximate surface area is 76.8 Å². The van der Waals surface area contributed by atoms with Crippen LogP contribution in [-0.4, -0.2) is 66.8 Å². The number of hydrazone groups is 1. The molecule has 2 radical (unpaired) electrons. The molecule has 0 saturated carbocycles. The molecule has 0 bridgehead atoms. The van der Waals surface area contributed by atoms with Crippen LogP contribution in [0.1, 0.15) is 0 Å². The van der Waals surface area contributed by atoms with Crippen molar-refractivity contribution in [2.45, 2.75) is 0 Å². The zero-order valence-electron chi connectivity index (χ0n) is 5.45. The van der Waals surface area contributed by atoms with E-state index in [0.717, 1.165) is 29.8 Å². The van der Waals surface area contributed by atoms with Gasteiger partial charge in [-0.3, -0.25) is 0 Å². The molecule has 10 heavy (non-hydrogen) atoms. The van der Waals surface area contributed by atoms with Crippen molar-refractivity contribution in [3.63, 3.8) is 0 Å². The van der Waals surface area contributed by atoms with Crippen LogP contribution >= 0.6 is 0 Å². The maximum atomic E-state index is 5.15. The summed E-state index contributed by atoms with van der Waals surface area (Å²) in [5.74, 6) is 0. The van der Waals surface area contributed by atoms with E-state index in [9.17, 15) is 0 Å². The van der Waals surface area contributed by atoms with Gasteiger partial charge >= 0.3 is 76.7 Å². The van der Waals surface area contributed by atoms with Gasteiger partial charge in [-0.2, -0.15) is 0 Å². The molecular formula is C5H8N2OSe2. The van der Waals surface area contributed by atoms with Crippen molar-refractivity contribution in [3.05, 3.63) is 0 Å². The van der Waals surface area contributed by atoms with Gasteiger partial charge in [-0.1, -0.05) is 0 Å². The normalized spacial score (nSPS) is 18.6. The fourth-order valence-electron chi connectivity index (χ4n) is 0.769. The monoisotopic (exact) mass is 272 g/mol. The predicted octanol–water partition coefficient (Wildman–Crippen LogP) is -1.07. The third-order valence-corrected chi connectivity index (χ3v) is 1.55. The standard InChI is InChI=1S/C5H8N2OSe2/c9-5(10)6-7-1-3-8-4-2-7/h1-4H2. The third kappa shape index (κ3) is 3.04. The summed E-state index contributed by atoms with van der Waals surface area (Å²) in [6, 6.07) is 0. The van der Waals surface area contributed by atoms with Gasteiger partial charge in [0.25, 0.3) is 0 Å². The third-order valence-electron chi connectivity index (χ3n) is 1.21. The molecule has 0 aliphatic carbocycles. The Hall–Kier alpha value is 0.469. The second-order valence-corrected chi connectivity index (χ2v) is 4.86. The summed E-state index contributed by atoms with van der Waals surface area (Å²) in [6.07, 6.45) is 0. The van der Waals surface area contributed by atoms with Crippen LogP contribution in [0.2, 0.25) is 0 Å². The molecule has 56 valence electrons. The molecule has 1 aliphatic heterocycles. The van der Waals surface area contributed by atoms with E-state index < -0.39 is 0 Å². The van der Waals surface area contributed by atoms with Crippen LogP contribution in [0.3, 0.4) is 0 Å². The van der Waals surface area contributed by atoms with E-state index in [4.69, 9.17) is 4.74 Å². The molecule has 1 saturated heterocycles. The molecule has 0 aromatic heterocycles. The summed E-state index contributed by atoms with van der Waals surface area (Å²) in [4.78, 5) is 0. The quantitative estimate of drug-likeness (QED) is 0.447. The van der Waals surface area contributed by atoms with Crippen LogP contribution in [0.4, 0.5) is 0 Å². The molecule has 3 nitrogen and oxygen atoms in total. The topological polar surface area (TPSA) is 24.8 Å². The van der Waals surface area contributed by atoms with E-state index in [1.807, 2.05) is 5.01 Å². The van der Waals surface area contributed by atoms with Crippen molar-refractivity contribution in [1.29, 1.82) is 0 Å². The predicted molar refractivity (Wildman–Crippen MR) is 41.3 cm³/mol. The maximum absolute atomic E-state index is 5.15. The van der Waals surface area contributed by atoms with E-state index in [1.165, 1.54) is 0 Å². The van der Waals surface area contributed by atoms with E-state index in [0.29, 0.717) is 0 Å². The van der Waals surface area contributed by atoms with Gasteiger partial charge in [0.2, 0.25) is 0 Å². The summed E-state index contributed by atoms with van der Waals surface area (Å²) in [7, 11) is 0. The zero-order valence-corrected chi connectivity index (χ0v) is 8.87. The van der Waals surface area contributed by atoms with Crippen molar-refractivity contribution < 1.29 is 4.74 Å². The fraction of sp³-hybridized carbons (Fsp3) is 0.800. The molecule has 0 aromatic rings. The van der Waals surface area contributed by atoms with Gasteiger partial charge in [-0.15, -0.1) is 0 Å². The molecule has 0 amide bonds. The second-order valence-electron chi connectivity index (χ2n) is 1.93. The van der Waals surface area contributed by atoms with Crippen molar-refractivity contribution in [3.8, 4) is 0 Å². The number of morpholine rings is 1. The van der Waals surface area contributed by atoms with Crippen LogP contribution in [0, 0.1) is 0 Å². The first kappa shape index (κ1) is 8.56. The summed E-state index contributed by atoms with van der Waals surface area (Å²) < 4.78 is 6.01. The van der Waals surface area contributed by atoms with E-state index >= 15 is 0 Å². The van der Waals surface area contributed by atoms with Gasteiger partial charge in [0.1, 0.15) is 0 Å². The minimum atomic E-state index is 0.788. The number of hydrogen-bond donors (Lipinski definition) is 0. The first-order valence-electron chi connectivity index (χ1n) is 3.04. The van der Waals surface area contributed by atoms with Crippen molar-refractivity contribution in [2.75, 3.05) is 26.3 Å². The Morgan fingerprint density at radius 2 is 1.90 bits per heavy atom. The zero-order chi connectivity index (χ0) is 7.40. The van der Waals surface area contributed by atoms with Gasteiger partial charge in [-0.05, 0) is 0 Å². The molecule has 1 rings (SSSR count). The Kier molecular flexibility index (Phi) is 3.74. The molecular weight excluding hydrogens is 262 g/mol. The summed E-state index contributed by atoms with van der Waals surface area (Å²) >= 11 is 5.60. The van der Waals surface area contributed by atoms with Crippen LogP contribution in [0.5, 0.6) is 0 Å². The Bertz CT molecular complexity index is 130. The molecule has 1 heterocycles. The summed E-state index contributed by atoms with van der Waals surface area (Å²) in [6.45, 7) is 3.37. The molecule has 0 unspecified atom stereocenters. The molecule has 1 aliphatic rings. The average molecular weight is 270 g/mol. The SMILES string of the molecule is [Se]C([Se])=NN1CCOCC1. The van der Waals surface area contributed by atoms with Crippen LogP contribution in [0.15, 0.2) is 5.10 Å². The number of ether oxygens (including phenoxy) is 1. The van der Waals surface area contributed by atoms with Gasteiger partial charge < -0.3 is 0 Å². The average Bonchev–Trinajstić information content (AvgIpc) is 1.88. The van der Waals surface area contributed by atoms with E-state index in [2.05, 4.69) is 37.1 Å². The Morgan fingerprint density at radius 3 is 2.40 bits per heavy atom. The molecule has 0 atom stereocenters. The number of nitrogens with zero attached hydrogens (tertiary/aromatic N) is 2. The van der Waals surface area contributed by atoms with Crippen LogP contribution in [0.25, 0.3) is 0 Å². The molecule has 0 aromatic carbocycles. The van der Waals surface area contributed by atoms with Crippen LogP contribution in [-0.2, 0) is 4.74 Å². The van der Waals surface area contributed by atoms with E-state index in [1.54, 1.807) is 0 Å². The first-order chi connectivity index (χ1) is 4.79. The summed E-state index contributed by atoms with van der Waals surface area (Å²) in [5, 5.41) is 6.19. The van der Waals surface area contributed by atoms with Crippen LogP contribution < -0.4 is 0 Å². The molecule has 5 heteroatoms. The second kappa shape index (κ2) is 4.37. The van der Waals surface area contributed by atoms with Crippen molar-refractivity contribution >= 4 is 35.5 Å². The Balaban J connectivity index is 2.33. The van der Waals surface area contributed by atoms with Gasteiger partial charge in [-0.25, -0.2) is 0 Å². The van der Waals surface area contributed by atoms with Gasteiger partial charge in [0.15, 0.2) is 0 Å². The Morgan fingerprint density at radius 1 is 1.30 bits per heavy atom. The van der Waals surface area contributed by atoms with Crippen molar-refractivity contribution in [2.24, 2.45) is 5.10 Å². The van der Waals surface area contributed by atoms with Gasteiger partial charge in [0, 0.05) is 0 Å². The number of hydrogen-bond acceptors (Lipinski definition) is 3. The molecule has 0 spiro atoms. The summed E-state index contributed by atoms with van der Waals surface area (Å²) in [5.41, 5.74) is 0. The first-order valence-corrected chi connectivity index (χ1v) is 4.75. The minimum absolute atomic E-state index is 0.788.